The monoisotopic (exact) mass is 375 g/mol. The Balaban J connectivity index is 2.00. The van der Waals surface area contributed by atoms with Crippen molar-refractivity contribution in [1.82, 2.24) is 4.90 Å². The van der Waals surface area contributed by atoms with Crippen LogP contribution in [0.5, 0.6) is 5.75 Å². The summed E-state index contributed by atoms with van der Waals surface area (Å²) in [5, 5.41) is 9.17. The van der Waals surface area contributed by atoms with E-state index in [1.165, 1.54) is 30.2 Å². The van der Waals surface area contributed by atoms with Crippen LogP contribution in [0.2, 0.25) is 0 Å². The largest absolute Gasteiger partial charge is 0.483 e. The zero-order valence-electron chi connectivity index (χ0n) is 11.8. The van der Waals surface area contributed by atoms with Crippen LogP contribution < -0.4 is 4.74 Å². The van der Waals surface area contributed by atoms with E-state index in [2.05, 4.69) is 15.9 Å². The van der Waals surface area contributed by atoms with Crippen molar-refractivity contribution >= 4 is 27.8 Å². The Morgan fingerprint density at radius 1 is 1.50 bits per heavy atom. The molecular formula is C14H15BrFNO5. The lowest BCUT2D eigenvalue weighted by atomic mass is 10.2. The average Bonchev–Trinajstić information content (AvgIpc) is 2.90. The van der Waals surface area contributed by atoms with Crippen LogP contribution in [0.3, 0.4) is 0 Å². The minimum absolute atomic E-state index is 0.209. The predicted molar refractivity (Wildman–Crippen MR) is 78.1 cm³/mol. The van der Waals surface area contributed by atoms with Crippen LogP contribution in [0.1, 0.15) is 6.42 Å². The quantitative estimate of drug-likeness (QED) is 0.846. The minimum Gasteiger partial charge on any atom is -0.483 e. The molecule has 0 spiro atoms. The molecular weight excluding hydrogens is 361 g/mol. The van der Waals surface area contributed by atoms with Gasteiger partial charge in [0.05, 0.1) is 10.6 Å². The normalized spacial score (nSPS) is 21.0. The van der Waals surface area contributed by atoms with Crippen molar-refractivity contribution in [2.24, 2.45) is 0 Å². The lowest BCUT2D eigenvalue weighted by molar-refractivity contribution is -0.149. The number of aliphatic carboxylic acids is 1. The summed E-state index contributed by atoms with van der Waals surface area (Å²) in [4.78, 5) is 24.6. The van der Waals surface area contributed by atoms with Crippen molar-refractivity contribution in [3.63, 3.8) is 0 Å². The summed E-state index contributed by atoms with van der Waals surface area (Å²) in [6, 6.07) is 2.90. The molecule has 1 amide bonds. The number of carboxylic acids is 1. The maximum atomic E-state index is 13.0. The average molecular weight is 376 g/mol. The van der Waals surface area contributed by atoms with Gasteiger partial charge in [0, 0.05) is 20.1 Å². The van der Waals surface area contributed by atoms with Crippen molar-refractivity contribution in [3.8, 4) is 5.75 Å². The fourth-order valence-electron chi connectivity index (χ4n) is 2.29. The lowest BCUT2D eigenvalue weighted by Gasteiger charge is -2.21. The third kappa shape index (κ3) is 3.75. The fourth-order valence-corrected chi connectivity index (χ4v) is 2.76. The number of amides is 1. The molecule has 0 bridgehead atoms. The molecule has 1 aliphatic rings. The number of carbonyl (C=O) groups is 2. The van der Waals surface area contributed by atoms with Gasteiger partial charge in [0.15, 0.2) is 6.61 Å². The molecule has 22 heavy (non-hydrogen) atoms. The standard InChI is InChI=1S/C14H15BrFNO5/c1-21-9-5-11(14(19)20)17(6-9)13(18)7-22-12-3-2-8(16)4-10(12)15/h2-4,9,11H,5-7H2,1H3,(H,19,20). The molecule has 0 aromatic heterocycles. The zero-order chi connectivity index (χ0) is 16.3. The van der Waals surface area contributed by atoms with Crippen molar-refractivity contribution in [2.45, 2.75) is 18.6 Å². The number of benzene rings is 1. The van der Waals surface area contributed by atoms with Crippen LogP contribution in [0, 0.1) is 5.82 Å². The molecule has 120 valence electrons. The Hall–Kier alpha value is -1.67. The van der Waals surface area contributed by atoms with Gasteiger partial charge in [0.1, 0.15) is 17.6 Å². The first-order valence-electron chi connectivity index (χ1n) is 6.55. The molecule has 6 nitrogen and oxygen atoms in total. The Morgan fingerprint density at radius 2 is 2.23 bits per heavy atom. The Bertz CT molecular complexity index is 582. The molecule has 1 aromatic carbocycles. The van der Waals surface area contributed by atoms with Crippen LogP contribution in [0.15, 0.2) is 22.7 Å². The van der Waals surface area contributed by atoms with Crippen LogP contribution in [0.4, 0.5) is 4.39 Å². The van der Waals surface area contributed by atoms with Crippen molar-refractivity contribution in [3.05, 3.63) is 28.5 Å². The Kier molecular flexibility index (Phi) is 5.36. The summed E-state index contributed by atoms with van der Waals surface area (Å²) in [6.07, 6.45) is -0.0553. The van der Waals surface area contributed by atoms with E-state index in [4.69, 9.17) is 14.6 Å². The van der Waals surface area contributed by atoms with Gasteiger partial charge in [-0.1, -0.05) is 0 Å². The van der Waals surface area contributed by atoms with E-state index in [1.54, 1.807) is 0 Å². The third-order valence-corrected chi connectivity index (χ3v) is 4.07. The molecule has 1 N–H and O–H groups in total. The number of rotatable bonds is 5. The van der Waals surface area contributed by atoms with Crippen LogP contribution in [0.25, 0.3) is 0 Å². The van der Waals surface area contributed by atoms with Gasteiger partial charge in [-0.15, -0.1) is 0 Å². The predicted octanol–water partition coefficient (Wildman–Crippen LogP) is 1.67. The maximum Gasteiger partial charge on any atom is 0.326 e. The number of nitrogens with zero attached hydrogens (tertiary/aromatic N) is 1. The fraction of sp³-hybridized carbons (Fsp3) is 0.429. The summed E-state index contributed by atoms with van der Waals surface area (Å²) in [6.45, 7) is -0.120. The highest BCUT2D eigenvalue weighted by Gasteiger charge is 2.39. The maximum absolute atomic E-state index is 13.0. The summed E-state index contributed by atoms with van der Waals surface area (Å²) in [7, 11) is 1.48. The van der Waals surface area contributed by atoms with E-state index in [0.717, 1.165) is 0 Å². The highest BCUT2D eigenvalue weighted by molar-refractivity contribution is 9.10. The van der Waals surface area contributed by atoms with Gasteiger partial charge < -0.3 is 19.5 Å². The van der Waals surface area contributed by atoms with Crippen LogP contribution in [-0.4, -0.2) is 54.3 Å². The topological polar surface area (TPSA) is 76.1 Å². The molecule has 0 aliphatic carbocycles. The number of carbonyl (C=O) groups excluding carboxylic acids is 1. The van der Waals surface area contributed by atoms with Crippen LogP contribution in [-0.2, 0) is 14.3 Å². The van der Waals surface area contributed by atoms with E-state index in [0.29, 0.717) is 10.2 Å². The number of methoxy groups -OCH3 is 1. The second-order valence-corrected chi connectivity index (χ2v) is 5.71. The second-order valence-electron chi connectivity index (χ2n) is 4.86. The highest BCUT2D eigenvalue weighted by Crippen LogP contribution is 2.26. The summed E-state index contributed by atoms with van der Waals surface area (Å²) >= 11 is 3.13. The van der Waals surface area contributed by atoms with E-state index >= 15 is 0 Å². The second kappa shape index (κ2) is 7.06. The Morgan fingerprint density at radius 3 is 2.82 bits per heavy atom. The van der Waals surface area contributed by atoms with E-state index in [1.807, 2.05) is 0 Å². The van der Waals surface area contributed by atoms with Crippen LogP contribution >= 0.6 is 15.9 Å². The number of hydrogen-bond donors (Lipinski definition) is 1. The van der Waals surface area contributed by atoms with Gasteiger partial charge in [-0.2, -0.15) is 0 Å². The number of likely N-dealkylation sites (tertiary alicyclic amines) is 1. The summed E-state index contributed by atoms with van der Waals surface area (Å²) < 4.78 is 23.8. The van der Waals surface area contributed by atoms with Gasteiger partial charge in [-0.25, -0.2) is 9.18 Å². The smallest absolute Gasteiger partial charge is 0.326 e. The summed E-state index contributed by atoms with van der Waals surface area (Å²) in [5.41, 5.74) is 0. The number of carboxylic acid groups (broad SMARTS) is 1. The lowest BCUT2D eigenvalue weighted by Crippen LogP contribution is -2.43. The van der Waals surface area contributed by atoms with Crippen molar-refractivity contribution in [1.29, 1.82) is 0 Å². The zero-order valence-corrected chi connectivity index (χ0v) is 13.4. The van der Waals surface area contributed by atoms with Gasteiger partial charge in [-0.3, -0.25) is 4.79 Å². The molecule has 1 fully saturated rings. The van der Waals surface area contributed by atoms with E-state index in [9.17, 15) is 14.0 Å². The highest BCUT2D eigenvalue weighted by atomic mass is 79.9. The molecule has 1 aliphatic heterocycles. The SMILES string of the molecule is COC1CC(C(=O)O)N(C(=O)COc2ccc(F)cc2Br)C1. The molecule has 2 unspecified atom stereocenters. The molecule has 1 heterocycles. The molecule has 2 rings (SSSR count). The van der Waals surface area contributed by atoms with Gasteiger partial charge in [0.2, 0.25) is 0 Å². The first-order valence-corrected chi connectivity index (χ1v) is 7.34. The van der Waals surface area contributed by atoms with Gasteiger partial charge >= 0.3 is 5.97 Å². The number of halogens is 2. The molecule has 0 saturated carbocycles. The number of ether oxygens (including phenoxy) is 2. The molecule has 1 saturated heterocycles. The van der Waals surface area contributed by atoms with E-state index in [-0.39, 0.29) is 25.7 Å². The Labute approximate surface area is 134 Å². The number of hydrogen-bond acceptors (Lipinski definition) is 4. The van der Waals surface area contributed by atoms with E-state index < -0.39 is 23.7 Å². The first kappa shape index (κ1) is 16.7. The van der Waals surface area contributed by atoms with Gasteiger partial charge in [0.25, 0.3) is 5.91 Å². The van der Waals surface area contributed by atoms with Crippen molar-refractivity contribution < 1.29 is 28.6 Å². The van der Waals surface area contributed by atoms with Gasteiger partial charge in [-0.05, 0) is 34.1 Å². The molecule has 8 heteroatoms. The molecule has 0 radical (unpaired) electrons. The minimum atomic E-state index is -1.07. The first-order chi connectivity index (χ1) is 10.4. The third-order valence-electron chi connectivity index (χ3n) is 3.45. The van der Waals surface area contributed by atoms with Crippen molar-refractivity contribution in [2.75, 3.05) is 20.3 Å². The molecule has 1 aromatic rings. The molecule has 2 atom stereocenters. The summed E-state index contributed by atoms with van der Waals surface area (Å²) in [5.74, 6) is -1.65.